The van der Waals surface area contributed by atoms with Gasteiger partial charge in [0.15, 0.2) is 0 Å². The number of aromatic carboxylic acids is 1. The number of anilines is 2. The number of carbonyl (C=O) groups excluding carboxylic acids is 1. The summed E-state index contributed by atoms with van der Waals surface area (Å²) in [6.07, 6.45) is 1.12. The minimum Gasteiger partial charge on any atom is -0.475 e. The summed E-state index contributed by atoms with van der Waals surface area (Å²) in [4.78, 5) is 22.7. The molecule has 0 aliphatic rings. The predicted octanol–water partition coefficient (Wildman–Crippen LogP) is 3.82. The molecule has 0 aliphatic carbocycles. The first-order valence-electron chi connectivity index (χ1n) is 5.76. The van der Waals surface area contributed by atoms with Crippen LogP contribution in [0.3, 0.4) is 0 Å². The fourth-order valence-corrected chi connectivity index (χ4v) is 1.85. The summed E-state index contributed by atoms with van der Waals surface area (Å²) < 4.78 is 5.73. The molecule has 0 saturated heterocycles. The van der Waals surface area contributed by atoms with Crippen LogP contribution in [0, 0.1) is 6.92 Å². The molecule has 0 saturated carbocycles. The summed E-state index contributed by atoms with van der Waals surface area (Å²) in [5.74, 6) is -1.51. The molecule has 1 aromatic carbocycles. The average molecular weight is 327 g/mol. The summed E-state index contributed by atoms with van der Waals surface area (Å²) in [7, 11) is 0. The second-order valence-electron chi connectivity index (χ2n) is 4.18. The highest BCUT2D eigenvalue weighted by atomic mass is 35.5. The summed E-state index contributed by atoms with van der Waals surface area (Å²) >= 11 is 9.98. The van der Waals surface area contributed by atoms with Crippen molar-refractivity contribution in [2.75, 3.05) is 9.62 Å². The van der Waals surface area contributed by atoms with E-state index < -0.39 is 12.0 Å². The van der Waals surface area contributed by atoms with Crippen molar-refractivity contribution in [3.8, 4) is 0 Å². The van der Waals surface area contributed by atoms with Gasteiger partial charge in [-0.1, -0.05) is 30.5 Å². The van der Waals surface area contributed by atoms with Gasteiger partial charge in [-0.25, -0.2) is 13.9 Å². The first-order chi connectivity index (χ1) is 9.88. The topological polar surface area (TPSA) is 82.8 Å². The number of rotatable bonds is 3. The normalized spacial score (nSPS) is 10.2. The number of carboxylic acids is 1. The molecule has 1 heterocycles. The maximum absolute atomic E-state index is 12.0. The smallest absolute Gasteiger partial charge is 0.371 e. The highest BCUT2D eigenvalue weighted by Gasteiger charge is 2.17. The van der Waals surface area contributed by atoms with E-state index in [1.54, 1.807) is 18.2 Å². The van der Waals surface area contributed by atoms with Gasteiger partial charge in [0, 0.05) is 16.8 Å². The van der Waals surface area contributed by atoms with Gasteiger partial charge >= 0.3 is 12.0 Å². The lowest BCUT2D eigenvalue weighted by atomic mass is 10.2. The summed E-state index contributed by atoms with van der Waals surface area (Å²) in [6.45, 7) is 1.84. The van der Waals surface area contributed by atoms with Crippen LogP contribution in [0.5, 0.6) is 0 Å². The van der Waals surface area contributed by atoms with Gasteiger partial charge in [-0.3, -0.25) is 0 Å². The highest BCUT2D eigenvalue weighted by Crippen LogP contribution is 2.23. The Morgan fingerprint density at radius 1 is 1.38 bits per heavy atom. The molecule has 0 bridgehead atoms. The number of furan rings is 1. The zero-order valence-corrected chi connectivity index (χ0v) is 12.5. The van der Waals surface area contributed by atoms with Crippen LogP contribution >= 0.6 is 24.4 Å². The quantitative estimate of drug-likeness (QED) is 0.749. The molecule has 110 valence electrons. The molecule has 2 aromatic rings. The van der Waals surface area contributed by atoms with Crippen LogP contribution in [0.1, 0.15) is 16.1 Å². The number of hydrogen-bond acceptors (Lipinski definition) is 4. The minimum atomic E-state index is -1.23. The number of urea groups is 1. The average Bonchev–Trinajstić information content (AvgIpc) is 2.92. The number of carbonyl (C=O) groups is 2. The molecule has 2 rings (SSSR count). The van der Waals surface area contributed by atoms with Crippen molar-refractivity contribution in [3.05, 3.63) is 46.9 Å². The first-order valence-corrected chi connectivity index (χ1v) is 6.54. The Morgan fingerprint density at radius 3 is 2.67 bits per heavy atom. The molecule has 2 amide bonds. The van der Waals surface area contributed by atoms with Gasteiger partial charge in [-0.05, 0) is 24.6 Å². The molecule has 6 nitrogen and oxygen atoms in total. The van der Waals surface area contributed by atoms with Crippen molar-refractivity contribution >= 4 is 47.8 Å². The molecule has 8 heteroatoms. The van der Waals surface area contributed by atoms with Gasteiger partial charge in [0.1, 0.15) is 6.26 Å². The Hall–Kier alpha value is -2.12. The molecule has 0 unspecified atom stereocenters. The van der Waals surface area contributed by atoms with Crippen molar-refractivity contribution in [2.24, 2.45) is 0 Å². The zero-order valence-electron chi connectivity index (χ0n) is 10.8. The van der Waals surface area contributed by atoms with E-state index in [0.29, 0.717) is 10.7 Å². The van der Waals surface area contributed by atoms with Crippen LogP contribution in [0.2, 0.25) is 5.02 Å². The number of nitrogens with one attached hydrogen (secondary N) is 1. The predicted molar refractivity (Wildman–Crippen MR) is 82.3 cm³/mol. The van der Waals surface area contributed by atoms with Crippen LogP contribution in [0.15, 0.2) is 34.9 Å². The summed E-state index contributed by atoms with van der Waals surface area (Å²) in [6, 6.07) is 5.68. The van der Waals surface area contributed by atoms with E-state index in [1.165, 1.54) is 6.07 Å². The highest BCUT2D eigenvalue weighted by molar-refractivity contribution is 7.82. The van der Waals surface area contributed by atoms with E-state index >= 15 is 0 Å². The molecule has 0 atom stereocenters. The third kappa shape index (κ3) is 3.50. The van der Waals surface area contributed by atoms with Crippen LogP contribution in [-0.4, -0.2) is 17.1 Å². The molecular weight excluding hydrogens is 316 g/mol. The van der Waals surface area contributed by atoms with E-state index in [9.17, 15) is 9.59 Å². The second-order valence-corrected chi connectivity index (χ2v) is 4.99. The molecular formula is C13H11ClN2O4S. The van der Waals surface area contributed by atoms with E-state index in [-0.39, 0.29) is 11.4 Å². The van der Waals surface area contributed by atoms with E-state index in [2.05, 4.69) is 18.1 Å². The third-order valence-electron chi connectivity index (χ3n) is 2.66. The van der Waals surface area contributed by atoms with Gasteiger partial charge in [0.25, 0.3) is 0 Å². The van der Waals surface area contributed by atoms with Gasteiger partial charge < -0.3 is 14.8 Å². The van der Waals surface area contributed by atoms with Crippen molar-refractivity contribution in [3.63, 3.8) is 0 Å². The number of amides is 2. The molecule has 21 heavy (non-hydrogen) atoms. The lowest BCUT2D eigenvalue weighted by molar-refractivity contribution is 0.0662. The number of hydrogen-bond donors (Lipinski definition) is 3. The van der Waals surface area contributed by atoms with Crippen molar-refractivity contribution in [2.45, 2.75) is 6.92 Å². The molecule has 0 radical (unpaired) electrons. The lowest BCUT2D eigenvalue weighted by Crippen LogP contribution is -2.26. The van der Waals surface area contributed by atoms with Crippen molar-refractivity contribution in [1.29, 1.82) is 0 Å². The number of halogens is 1. The molecule has 0 fully saturated rings. The fraction of sp³-hybridized carbons (Fsp3) is 0.0769. The number of carboxylic acid groups (broad SMARTS) is 1. The summed E-state index contributed by atoms with van der Waals surface area (Å²) in [5, 5.41) is 11.9. The van der Waals surface area contributed by atoms with Gasteiger partial charge in [-0.15, -0.1) is 0 Å². The second kappa shape index (κ2) is 6.11. The Kier molecular flexibility index (Phi) is 4.44. The standard InChI is InChI=1S/C13H11ClN2O4S/c1-7-2-3-8(4-10(7)14)15-13(19)16(21)9-5-11(12(17)18)20-6-9/h2-6,21H,1H3,(H,15,19)(H,17,18). The first kappa shape index (κ1) is 15.3. The number of benzene rings is 1. The van der Waals surface area contributed by atoms with E-state index in [1.807, 2.05) is 6.92 Å². The fourth-order valence-electron chi connectivity index (χ4n) is 1.51. The molecule has 0 spiro atoms. The lowest BCUT2D eigenvalue weighted by Gasteiger charge is -2.14. The largest absolute Gasteiger partial charge is 0.475 e. The zero-order chi connectivity index (χ0) is 15.6. The van der Waals surface area contributed by atoms with Crippen molar-refractivity contribution in [1.82, 2.24) is 0 Å². The maximum atomic E-state index is 12.0. The number of aryl methyl sites for hydroxylation is 1. The van der Waals surface area contributed by atoms with Crippen LogP contribution in [0.4, 0.5) is 16.2 Å². The van der Waals surface area contributed by atoms with Crippen LogP contribution in [0.25, 0.3) is 0 Å². The van der Waals surface area contributed by atoms with Gasteiger partial charge in [0.05, 0.1) is 5.69 Å². The Labute approximate surface area is 130 Å². The van der Waals surface area contributed by atoms with Gasteiger partial charge in [-0.2, -0.15) is 0 Å². The van der Waals surface area contributed by atoms with Crippen molar-refractivity contribution < 1.29 is 19.1 Å². The Balaban J connectivity index is 2.11. The number of nitrogens with zero attached hydrogens (tertiary/aromatic N) is 1. The summed E-state index contributed by atoms with van der Waals surface area (Å²) in [5.41, 5.74) is 1.58. The minimum absolute atomic E-state index is 0.200. The SMILES string of the molecule is Cc1ccc(NC(=O)N(S)c2coc(C(=O)O)c2)cc1Cl. The Morgan fingerprint density at radius 2 is 2.10 bits per heavy atom. The van der Waals surface area contributed by atoms with Crippen LogP contribution < -0.4 is 9.62 Å². The molecule has 1 aromatic heterocycles. The monoisotopic (exact) mass is 326 g/mol. The molecule has 0 aliphatic heterocycles. The molecule has 2 N–H and O–H groups in total. The van der Waals surface area contributed by atoms with E-state index in [4.69, 9.17) is 21.1 Å². The third-order valence-corrected chi connectivity index (χ3v) is 3.48. The number of thiol groups is 1. The maximum Gasteiger partial charge on any atom is 0.371 e. The van der Waals surface area contributed by atoms with E-state index in [0.717, 1.165) is 16.1 Å². The Bertz CT molecular complexity index is 701. The van der Waals surface area contributed by atoms with Crippen LogP contribution in [-0.2, 0) is 0 Å². The van der Waals surface area contributed by atoms with Gasteiger partial charge in [0.2, 0.25) is 5.76 Å².